The Bertz CT molecular complexity index is 349. The molecule has 0 spiro atoms. The highest BCUT2D eigenvalue weighted by Crippen LogP contribution is 2.23. The molecule has 2 N–H and O–H groups in total. The average Bonchev–Trinajstić information content (AvgIpc) is 2.28. The molecule has 0 aliphatic heterocycles. The van der Waals surface area contributed by atoms with Crippen LogP contribution in [-0.4, -0.2) is 24.9 Å². The van der Waals surface area contributed by atoms with Gasteiger partial charge < -0.3 is 15.2 Å². The van der Waals surface area contributed by atoms with Crippen molar-refractivity contribution >= 4 is 0 Å². The zero-order valence-corrected chi connectivity index (χ0v) is 9.96. The molecule has 96 valence electrons. The molecule has 0 saturated carbocycles. The predicted octanol–water partition coefficient (Wildman–Crippen LogP) is 1.83. The van der Waals surface area contributed by atoms with E-state index >= 15 is 0 Å². The quantitative estimate of drug-likeness (QED) is 0.803. The molecule has 0 radical (unpaired) electrons. The van der Waals surface area contributed by atoms with Crippen LogP contribution in [0.3, 0.4) is 0 Å². The summed E-state index contributed by atoms with van der Waals surface area (Å²) in [5, 5.41) is 12.1. The maximum atomic E-state index is 13.5. The number of aliphatic hydroxyl groups excluding tert-OH is 1. The van der Waals surface area contributed by atoms with Crippen molar-refractivity contribution in [1.82, 2.24) is 5.32 Å². The van der Waals surface area contributed by atoms with Crippen LogP contribution in [0.4, 0.5) is 8.78 Å². The van der Waals surface area contributed by atoms with E-state index < -0.39 is 23.5 Å². The van der Waals surface area contributed by atoms with Gasteiger partial charge in [0.25, 0.3) is 0 Å². The third-order valence-corrected chi connectivity index (χ3v) is 2.33. The summed E-state index contributed by atoms with van der Waals surface area (Å²) in [7, 11) is 1.69. The second-order valence-corrected chi connectivity index (χ2v) is 3.79. The summed E-state index contributed by atoms with van der Waals surface area (Å²) < 4.78 is 32.0. The summed E-state index contributed by atoms with van der Waals surface area (Å²) in [5.74, 6) is -1.94. The van der Waals surface area contributed by atoms with E-state index in [0.717, 1.165) is 0 Å². The molecule has 1 rings (SSSR count). The molecule has 1 atom stereocenters. The van der Waals surface area contributed by atoms with Crippen LogP contribution in [-0.2, 0) is 6.54 Å². The van der Waals surface area contributed by atoms with Gasteiger partial charge in [0.05, 0.1) is 6.10 Å². The first kappa shape index (κ1) is 13.9. The summed E-state index contributed by atoms with van der Waals surface area (Å²) >= 11 is 0. The van der Waals surface area contributed by atoms with Crippen LogP contribution < -0.4 is 10.1 Å². The van der Waals surface area contributed by atoms with Gasteiger partial charge in [-0.2, -0.15) is 0 Å². The molecule has 1 unspecified atom stereocenters. The Hall–Kier alpha value is -1.20. The van der Waals surface area contributed by atoms with Crippen LogP contribution in [0.5, 0.6) is 5.75 Å². The molecule has 0 amide bonds. The van der Waals surface area contributed by atoms with E-state index in [1.807, 2.05) is 0 Å². The van der Waals surface area contributed by atoms with Gasteiger partial charge in [0.1, 0.15) is 6.61 Å². The first-order valence-electron chi connectivity index (χ1n) is 5.51. The molecule has 0 fully saturated rings. The van der Waals surface area contributed by atoms with Crippen molar-refractivity contribution in [3.8, 4) is 5.75 Å². The molecule has 1 aromatic rings. The van der Waals surface area contributed by atoms with E-state index in [4.69, 9.17) is 4.74 Å². The van der Waals surface area contributed by atoms with Gasteiger partial charge in [-0.3, -0.25) is 0 Å². The minimum absolute atomic E-state index is 0.115. The molecule has 17 heavy (non-hydrogen) atoms. The molecule has 0 heterocycles. The summed E-state index contributed by atoms with van der Waals surface area (Å²) in [4.78, 5) is 0. The number of ether oxygens (including phenoxy) is 1. The normalized spacial score (nSPS) is 12.5. The van der Waals surface area contributed by atoms with Crippen molar-refractivity contribution in [3.05, 3.63) is 29.3 Å². The smallest absolute Gasteiger partial charge is 0.190 e. The number of rotatable bonds is 6. The largest absolute Gasteiger partial charge is 0.485 e. The topological polar surface area (TPSA) is 41.5 Å². The zero-order chi connectivity index (χ0) is 12.8. The second kappa shape index (κ2) is 6.51. The Labute approximate surface area is 99.4 Å². The van der Waals surface area contributed by atoms with E-state index in [0.29, 0.717) is 18.5 Å². The van der Waals surface area contributed by atoms with E-state index in [1.165, 1.54) is 12.1 Å². The van der Waals surface area contributed by atoms with Gasteiger partial charge in [-0.15, -0.1) is 0 Å². The number of nitrogens with one attached hydrogen (secondary N) is 1. The van der Waals surface area contributed by atoms with Crippen molar-refractivity contribution in [2.24, 2.45) is 0 Å². The van der Waals surface area contributed by atoms with Crippen LogP contribution >= 0.6 is 0 Å². The van der Waals surface area contributed by atoms with Gasteiger partial charge >= 0.3 is 0 Å². The van der Waals surface area contributed by atoms with E-state index in [-0.39, 0.29) is 6.61 Å². The Morgan fingerprint density at radius 3 is 2.41 bits per heavy atom. The molecule has 1 aromatic carbocycles. The lowest BCUT2D eigenvalue weighted by atomic mass is 10.2. The SMILES string of the molecule is CCC(O)COc1c(F)cc(CNC)cc1F. The van der Waals surface area contributed by atoms with Gasteiger partial charge in [0.15, 0.2) is 17.4 Å². The number of hydrogen-bond acceptors (Lipinski definition) is 3. The summed E-state index contributed by atoms with van der Waals surface area (Å²) in [6.07, 6.45) is -0.244. The molecule has 0 aliphatic carbocycles. The molecule has 0 aromatic heterocycles. The number of aliphatic hydroxyl groups is 1. The van der Waals surface area contributed by atoms with Gasteiger partial charge in [-0.25, -0.2) is 8.78 Å². The van der Waals surface area contributed by atoms with Crippen LogP contribution in [0.2, 0.25) is 0 Å². The van der Waals surface area contributed by atoms with Gasteiger partial charge in [0, 0.05) is 6.54 Å². The number of halogens is 2. The van der Waals surface area contributed by atoms with Crippen LogP contribution in [0.1, 0.15) is 18.9 Å². The first-order chi connectivity index (χ1) is 8.08. The highest BCUT2D eigenvalue weighted by atomic mass is 19.1. The minimum Gasteiger partial charge on any atom is -0.485 e. The molecular formula is C12H17F2NO2. The highest BCUT2D eigenvalue weighted by molar-refractivity contribution is 5.31. The lowest BCUT2D eigenvalue weighted by Gasteiger charge is -2.12. The monoisotopic (exact) mass is 245 g/mol. The van der Waals surface area contributed by atoms with Crippen molar-refractivity contribution < 1.29 is 18.6 Å². The van der Waals surface area contributed by atoms with Gasteiger partial charge in [-0.05, 0) is 31.2 Å². The first-order valence-corrected chi connectivity index (χ1v) is 5.51. The number of hydrogen-bond donors (Lipinski definition) is 2. The third kappa shape index (κ3) is 3.94. The minimum atomic E-state index is -0.751. The van der Waals surface area contributed by atoms with E-state index in [1.54, 1.807) is 14.0 Å². The third-order valence-electron chi connectivity index (χ3n) is 2.33. The van der Waals surface area contributed by atoms with Gasteiger partial charge in [-0.1, -0.05) is 6.92 Å². The number of benzene rings is 1. The fourth-order valence-electron chi connectivity index (χ4n) is 1.35. The van der Waals surface area contributed by atoms with Crippen LogP contribution in [0.25, 0.3) is 0 Å². The molecule has 3 nitrogen and oxygen atoms in total. The molecule has 0 aliphatic rings. The maximum Gasteiger partial charge on any atom is 0.190 e. The van der Waals surface area contributed by atoms with Crippen molar-refractivity contribution in [2.75, 3.05) is 13.7 Å². The van der Waals surface area contributed by atoms with Crippen LogP contribution in [0, 0.1) is 11.6 Å². The molecule has 0 saturated heterocycles. The molecule has 5 heteroatoms. The van der Waals surface area contributed by atoms with Gasteiger partial charge in [0.2, 0.25) is 0 Å². The lowest BCUT2D eigenvalue weighted by molar-refractivity contribution is 0.0994. The highest BCUT2D eigenvalue weighted by Gasteiger charge is 2.13. The van der Waals surface area contributed by atoms with E-state index in [9.17, 15) is 13.9 Å². The lowest BCUT2D eigenvalue weighted by Crippen LogP contribution is -2.17. The summed E-state index contributed by atoms with van der Waals surface area (Å²) in [6, 6.07) is 2.43. The Morgan fingerprint density at radius 1 is 1.35 bits per heavy atom. The Balaban J connectivity index is 2.78. The summed E-state index contributed by atoms with van der Waals surface area (Å²) in [5.41, 5.74) is 0.505. The van der Waals surface area contributed by atoms with Crippen molar-refractivity contribution in [3.63, 3.8) is 0 Å². The Kier molecular flexibility index (Phi) is 5.31. The zero-order valence-electron chi connectivity index (χ0n) is 9.96. The fourth-order valence-corrected chi connectivity index (χ4v) is 1.35. The molecule has 0 bridgehead atoms. The van der Waals surface area contributed by atoms with Crippen molar-refractivity contribution in [1.29, 1.82) is 0 Å². The fraction of sp³-hybridized carbons (Fsp3) is 0.500. The predicted molar refractivity (Wildman–Crippen MR) is 60.9 cm³/mol. The van der Waals surface area contributed by atoms with Crippen molar-refractivity contribution in [2.45, 2.75) is 26.0 Å². The van der Waals surface area contributed by atoms with Crippen LogP contribution in [0.15, 0.2) is 12.1 Å². The maximum absolute atomic E-state index is 13.5. The standard InChI is InChI=1S/C12H17F2NO2/c1-3-9(16)7-17-12-10(13)4-8(6-15-2)5-11(12)14/h4-5,9,15-16H,3,6-7H2,1-2H3. The Morgan fingerprint density at radius 2 is 1.94 bits per heavy atom. The average molecular weight is 245 g/mol. The summed E-state index contributed by atoms with van der Waals surface area (Å²) in [6.45, 7) is 2.03. The van der Waals surface area contributed by atoms with E-state index in [2.05, 4.69) is 5.32 Å². The second-order valence-electron chi connectivity index (χ2n) is 3.79. The molecular weight excluding hydrogens is 228 g/mol.